The summed E-state index contributed by atoms with van der Waals surface area (Å²) < 4.78 is 70.7. The molecule has 33 heavy (non-hydrogen) atoms. The summed E-state index contributed by atoms with van der Waals surface area (Å²) in [5.41, 5.74) is 0. The summed E-state index contributed by atoms with van der Waals surface area (Å²) in [6.45, 7) is 0. The minimum atomic E-state index is -3.99. The van der Waals surface area contributed by atoms with Crippen LogP contribution in [0.1, 0.15) is 0 Å². The van der Waals surface area contributed by atoms with E-state index in [2.05, 4.69) is 0 Å². The van der Waals surface area contributed by atoms with Crippen molar-refractivity contribution in [1.29, 1.82) is 0 Å². The zero-order valence-electron chi connectivity index (χ0n) is 16.9. The number of benzene rings is 4. The lowest BCUT2D eigenvalue weighted by Crippen LogP contribution is -2.03. The third-order valence-electron chi connectivity index (χ3n) is 4.70. The van der Waals surface area contributed by atoms with Crippen LogP contribution in [0, 0.1) is 5.82 Å². The molecule has 1 N–H and O–H groups in total. The van der Waals surface area contributed by atoms with Crippen molar-refractivity contribution in [3.63, 3.8) is 0 Å². The number of sulfone groups is 2. The molecule has 0 heterocycles. The fraction of sp³-hybridized carbons (Fsp3) is 0. The molecule has 0 unspecified atom stereocenters. The third-order valence-corrected chi connectivity index (χ3v) is 8.20. The van der Waals surface area contributed by atoms with Gasteiger partial charge < -0.3 is 9.84 Å². The largest absolute Gasteiger partial charge is 0.508 e. The second-order valence-electron chi connectivity index (χ2n) is 7.01. The summed E-state index contributed by atoms with van der Waals surface area (Å²) in [5, 5.41) is 9.60. The summed E-state index contributed by atoms with van der Waals surface area (Å²) in [5.74, 6) is -0.538. The number of rotatable bonds is 6. The Hall–Kier alpha value is -3.69. The van der Waals surface area contributed by atoms with Crippen molar-refractivity contribution in [2.75, 3.05) is 0 Å². The Labute approximate surface area is 190 Å². The monoisotopic (exact) mass is 484 g/mol. The Balaban J connectivity index is 1.65. The van der Waals surface area contributed by atoms with E-state index in [1.807, 2.05) is 0 Å². The number of phenols is 1. The lowest BCUT2D eigenvalue weighted by atomic mass is 10.3. The topological polar surface area (TPSA) is 97.7 Å². The average Bonchev–Trinajstić information content (AvgIpc) is 2.79. The molecule has 0 aliphatic carbocycles. The summed E-state index contributed by atoms with van der Waals surface area (Å²) in [7, 11) is -7.91. The Morgan fingerprint density at radius 1 is 0.576 bits per heavy atom. The maximum atomic E-state index is 13.5. The average molecular weight is 485 g/mol. The highest BCUT2D eigenvalue weighted by Gasteiger charge is 2.20. The van der Waals surface area contributed by atoms with E-state index in [4.69, 9.17) is 4.74 Å². The first-order valence-electron chi connectivity index (χ1n) is 9.59. The van der Waals surface area contributed by atoms with Gasteiger partial charge in [-0.15, -0.1) is 0 Å². The molecule has 0 bridgehead atoms. The van der Waals surface area contributed by atoms with Crippen LogP contribution in [0.5, 0.6) is 17.2 Å². The van der Waals surface area contributed by atoms with Gasteiger partial charge in [0.1, 0.15) is 23.1 Å². The molecular weight excluding hydrogens is 467 g/mol. The molecule has 0 aromatic heterocycles. The smallest absolute Gasteiger partial charge is 0.206 e. The fourth-order valence-electron chi connectivity index (χ4n) is 3.10. The molecule has 9 heteroatoms. The molecule has 4 aromatic rings. The van der Waals surface area contributed by atoms with Crippen LogP contribution in [0.3, 0.4) is 0 Å². The highest BCUT2D eigenvalue weighted by molar-refractivity contribution is 7.91. The Morgan fingerprint density at radius 2 is 1.00 bits per heavy atom. The lowest BCUT2D eigenvalue weighted by molar-refractivity contribution is 0.473. The van der Waals surface area contributed by atoms with Crippen LogP contribution >= 0.6 is 0 Å². The number of aromatic hydroxyl groups is 1. The number of ether oxygens (including phenoxy) is 1. The van der Waals surface area contributed by atoms with Crippen LogP contribution in [0.25, 0.3) is 0 Å². The molecule has 4 aromatic carbocycles. The van der Waals surface area contributed by atoms with Gasteiger partial charge in [-0.05, 0) is 72.8 Å². The predicted molar refractivity (Wildman–Crippen MR) is 118 cm³/mol. The van der Waals surface area contributed by atoms with Crippen LogP contribution in [-0.2, 0) is 19.7 Å². The molecule has 6 nitrogen and oxygen atoms in total. The molecule has 0 saturated carbocycles. The van der Waals surface area contributed by atoms with Crippen molar-refractivity contribution >= 4 is 19.7 Å². The van der Waals surface area contributed by atoms with E-state index < -0.39 is 25.5 Å². The molecule has 4 rings (SSSR count). The molecule has 0 radical (unpaired) electrons. The molecule has 0 spiro atoms. The molecule has 168 valence electrons. The van der Waals surface area contributed by atoms with Crippen molar-refractivity contribution in [3.8, 4) is 17.2 Å². The van der Waals surface area contributed by atoms with Crippen molar-refractivity contribution in [3.05, 3.63) is 103 Å². The van der Waals surface area contributed by atoms with Gasteiger partial charge in [-0.3, -0.25) is 0 Å². The summed E-state index contributed by atoms with van der Waals surface area (Å²) >= 11 is 0. The van der Waals surface area contributed by atoms with Gasteiger partial charge in [0.15, 0.2) is 0 Å². The van der Waals surface area contributed by atoms with E-state index in [0.29, 0.717) is 0 Å². The van der Waals surface area contributed by atoms with Gasteiger partial charge in [-0.2, -0.15) is 0 Å². The zero-order valence-corrected chi connectivity index (χ0v) is 18.6. The van der Waals surface area contributed by atoms with Gasteiger partial charge >= 0.3 is 0 Å². The second kappa shape index (κ2) is 8.68. The molecular formula is C24H17FO6S2. The molecule has 0 fully saturated rings. The lowest BCUT2D eigenvalue weighted by Gasteiger charge is -2.11. The number of phenolic OH excluding ortho intramolecular Hbond substituents is 1. The summed E-state index contributed by atoms with van der Waals surface area (Å²) in [6.07, 6.45) is 0. The number of halogens is 1. The maximum Gasteiger partial charge on any atom is 0.206 e. The van der Waals surface area contributed by atoms with E-state index in [1.54, 1.807) is 0 Å². The number of hydrogen-bond acceptors (Lipinski definition) is 6. The maximum absolute atomic E-state index is 13.5. The highest BCUT2D eigenvalue weighted by atomic mass is 32.2. The quantitative estimate of drug-likeness (QED) is 0.414. The first-order valence-corrected chi connectivity index (χ1v) is 12.6. The van der Waals surface area contributed by atoms with Crippen molar-refractivity contribution < 1.29 is 31.1 Å². The van der Waals surface area contributed by atoms with Gasteiger partial charge in [0.25, 0.3) is 0 Å². The Morgan fingerprint density at radius 3 is 1.48 bits per heavy atom. The highest BCUT2D eigenvalue weighted by Crippen LogP contribution is 2.30. The van der Waals surface area contributed by atoms with Gasteiger partial charge in [0.2, 0.25) is 19.7 Å². The van der Waals surface area contributed by atoms with Gasteiger partial charge in [0, 0.05) is 0 Å². The molecule has 0 saturated heterocycles. The van der Waals surface area contributed by atoms with E-state index in [1.165, 1.54) is 78.9 Å². The van der Waals surface area contributed by atoms with E-state index in [-0.39, 0.29) is 36.8 Å². The first-order chi connectivity index (χ1) is 15.7. The van der Waals surface area contributed by atoms with Gasteiger partial charge in [-0.25, -0.2) is 21.2 Å². The van der Waals surface area contributed by atoms with Crippen LogP contribution < -0.4 is 4.74 Å². The fourth-order valence-corrected chi connectivity index (χ4v) is 5.76. The standard InChI is InChI=1S/C24H17FO6S2/c25-17-5-1-9-21(13-17)32(27,28)23-11-3-7-19(15-23)31-20-8-4-12-24(16-20)33(29,30)22-10-2-6-18(26)14-22/h1-16,26H. The van der Waals surface area contributed by atoms with Gasteiger partial charge in [-0.1, -0.05) is 24.3 Å². The molecule has 0 aliphatic rings. The normalized spacial score (nSPS) is 11.8. The second-order valence-corrected chi connectivity index (χ2v) is 10.9. The van der Waals surface area contributed by atoms with Gasteiger partial charge in [0.05, 0.1) is 19.6 Å². The zero-order chi connectivity index (χ0) is 23.6. The van der Waals surface area contributed by atoms with E-state index >= 15 is 0 Å². The molecule has 0 atom stereocenters. The van der Waals surface area contributed by atoms with Crippen molar-refractivity contribution in [2.24, 2.45) is 0 Å². The predicted octanol–water partition coefficient (Wildman–Crippen LogP) is 4.99. The number of hydrogen-bond donors (Lipinski definition) is 1. The SMILES string of the molecule is O=S(=O)(c1cccc(O)c1)c1cccc(Oc2cccc(S(=O)(=O)c3cccc(F)c3)c2)c1. The minimum Gasteiger partial charge on any atom is -0.508 e. The summed E-state index contributed by atoms with van der Waals surface area (Å²) in [4.78, 5) is -0.440. The van der Waals surface area contributed by atoms with E-state index in [9.17, 15) is 26.3 Å². The van der Waals surface area contributed by atoms with Crippen LogP contribution in [-0.4, -0.2) is 21.9 Å². The van der Waals surface area contributed by atoms with E-state index in [0.717, 1.165) is 18.2 Å². The van der Waals surface area contributed by atoms with Crippen LogP contribution in [0.4, 0.5) is 4.39 Å². The molecule has 0 aliphatic heterocycles. The Kier molecular flexibility index (Phi) is 5.92. The minimum absolute atomic E-state index is 0.0610. The third kappa shape index (κ3) is 4.74. The van der Waals surface area contributed by atoms with Crippen LogP contribution in [0.15, 0.2) is 117 Å². The van der Waals surface area contributed by atoms with Crippen LogP contribution in [0.2, 0.25) is 0 Å². The summed E-state index contributed by atoms with van der Waals surface area (Å²) in [6, 6.07) is 21.3. The van der Waals surface area contributed by atoms with Crippen molar-refractivity contribution in [2.45, 2.75) is 19.6 Å². The first kappa shape index (κ1) is 22.5. The molecule has 0 amide bonds. The van der Waals surface area contributed by atoms with Crippen molar-refractivity contribution in [1.82, 2.24) is 0 Å². The Bertz CT molecular complexity index is 1430.